The van der Waals surface area contributed by atoms with E-state index in [1.165, 1.54) is 0 Å². The number of aromatic nitrogens is 1. The Morgan fingerprint density at radius 1 is 1.24 bits per heavy atom. The fourth-order valence-corrected chi connectivity index (χ4v) is 3.28. The number of hydrogen-bond acceptors (Lipinski definition) is 4. The third kappa shape index (κ3) is 5.02. The molecule has 1 aromatic heterocycles. The maximum atomic E-state index is 6.24. The first-order valence-electron chi connectivity index (χ1n) is 6.82. The highest BCUT2D eigenvalue weighted by atomic mass is 79.9. The Labute approximate surface area is 138 Å². The molecule has 0 saturated carbocycles. The molecule has 0 fully saturated rings. The van der Waals surface area contributed by atoms with Gasteiger partial charge in [-0.2, -0.15) is 0 Å². The molecule has 5 heteroatoms. The second kappa shape index (κ2) is 7.82. The molecule has 1 unspecified atom stereocenters. The molecule has 0 aliphatic carbocycles. The lowest BCUT2D eigenvalue weighted by molar-refractivity contribution is 0.242. The minimum absolute atomic E-state index is 0.0305. The molecule has 1 atom stereocenters. The number of nitrogens with two attached hydrogens (primary N) is 1. The van der Waals surface area contributed by atoms with E-state index < -0.39 is 0 Å². The lowest BCUT2D eigenvalue weighted by Gasteiger charge is -2.14. The molecule has 0 saturated heterocycles. The van der Waals surface area contributed by atoms with Crippen molar-refractivity contribution in [1.82, 2.24) is 4.98 Å². The van der Waals surface area contributed by atoms with Crippen LogP contribution >= 0.6 is 27.7 Å². The van der Waals surface area contributed by atoms with Gasteiger partial charge in [-0.3, -0.25) is 0 Å². The Kier molecular flexibility index (Phi) is 6.08. The molecular weight excluding hydrogens is 348 g/mol. The smallest absolute Gasteiger partial charge is 0.119 e. The van der Waals surface area contributed by atoms with Crippen molar-refractivity contribution in [2.24, 2.45) is 5.73 Å². The quantitative estimate of drug-likeness (QED) is 0.768. The summed E-state index contributed by atoms with van der Waals surface area (Å²) in [4.78, 5) is 4.33. The van der Waals surface area contributed by atoms with Gasteiger partial charge in [-0.1, -0.05) is 12.1 Å². The summed E-state index contributed by atoms with van der Waals surface area (Å²) in [6.45, 7) is 4.03. The maximum absolute atomic E-state index is 6.24. The Morgan fingerprint density at radius 3 is 2.57 bits per heavy atom. The van der Waals surface area contributed by atoms with Crippen LogP contribution in [-0.4, -0.2) is 16.8 Å². The molecule has 3 nitrogen and oxygen atoms in total. The average Bonchev–Trinajstić information content (AvgIpc) is 2.46. The summed E-state index contributed by atoms with van der Waals surface area (Å²) in [5.74, 6) is 1.65. The fraction of sp³-hybridized carbons (Fsp3) is 0.312. The van der Waals surface area contributed by atoms with E-state index in [0.29, 0.717) is 0 Å². The predicted molar refractivity (Wildman–Crippen MR) is 91.8 cm³/mol. The van der Waals surface area contributed by atoms with Gasteiger partial charge in [-0.25, -0.2) is 4.98 Å². The number of ether oxygens (including phenoxy) is 1. The summed E-state index contributed by atoms with van der Waals surface area (Å²) in [6.07, 6.45) is 1.97. The lowest BCUT2D eigenvalue weighted by Crippen LogP contribution is -2.13. The van der Waals surface area contributed by atoms with Crippen LogP contribution in [0.2, 0.25) is 0 Å². The van der Waals surface area contributed by atoms with Gasteiger partial charge in [0.25, 0.3) is 0 Å². The highest BCUT2D eigenvalue weighted by Crippen LogP contribution is 2.28. The van der Waals surface area contributed by atoms with Crippen LogP contribution in [0, 0.1) is 0 Å². The second-order valence-electron chi connectivity index (χ2n) is 4.94. The van der Waals surface area contributed by atoms with Crippen molar-refractivity contribution in [3.05, 3.63) is 52.6 Å². The molecule has 0 radical (unpaired) electrons. The molecule has 2 N–H and O–H groups in total. The minimum atomic E-state index is -0.0305. The van der Waals surface area contributed by atoms with Crippen LogP contribution < -0.4 is 10.5 Å². The molecule has 0 aliphatic heterocycles. The number of rotatable bonds is 6. The highest BCUT2D eigenvalue weighted by molar-refractivity contribution is 9.10. The van der Waals surface area contributed by atoms with E-state index in [-0.39, 0.29) is 12.1 Å². The monoisotopic (exact) mass is 366 g/mol. The molecule has 0 spiro atoms. The average molecular weight is 367 g/mol. The van der Waals surface area contributed by atoms with Crippen LogP contribution in [0.4, 0.5) is 0 Å². The third-order valence-corrected chi connectivity index (χ3v) is 4.83. The number of benzene rings is 1. The van der Waals surface area contributed by atoms with E-state index in [1.54, 1.807) is 18.0 Å². The normalized spacial score (nSPS) is 12.4. The van der Waals surface area contributed by atoms with Gasteiger partial charge in [0, 0.05) is 22.5 Å². The van der Waals surface area contributed by atoms with E-state index in [9.17, 15) is 0 Å². The van der Waals surface area contributed by atoms with Gasteiger partial charge in [0.05, 0.1) is 6.10 Å². The molecule has 1 heterocycles. The summed E-state index contributed by atoms with van der Waals surface area (Å²) in [7, 11) is 0. The summed E-state index contributed by atoms with van der Waals surface area (Å²) in [6, 6.07) is 11.8. The van der Waals surface area contributed by atoms with Gasteiger partial charge < -0.3 is 10.5 Å². The molecule has 0 aliphatic rings. The number of pyridine rings is 1. The van der Waals surface area contributed by atoms with Crippen molar-refractivity contribution in [2.75, 3.05) is 5.75 Å². The zero-order valence-electron chi connectivity index (χ0n) is 12.1. The zero-order chi connectivity index (χ0) is 15.2. The molecule has 2 aromatic rings. The summed E-state index contributed by atoms with van der Waals surface area (Å²) < 4.78 is 6.63. The second-order valence-corrected chi connectivity index (χ2v) is 6.81. The Hall–Kier alpha value is -1.04. The summed E-state index contributed by atoms with van der Waals surface area (Å²) >= 11 is 5.14. The zero-order valence-corrected chi connectivity index (χ0v) is 14.5. The highest BCUT2D eigenvalue weighted by Gasteiger charge is 2.09. The van der Waals surface area contributed by atoms with Crippen LogP contribution in [0.3, 0.4) is 0 Å². The number of halogens is 1. The van der Waals surface area contributed by atoms with Crippen LogP contribution in [0.25, 0.3) is 0 Å². The van der Waals surface area contributed by atoms with E-state index >= 15 is 0 Å². The van der Waals surface area contributed by atoms with Crippen molar-refractivity contribution in [3.8, 4) is 5.75 Å². The van der Waals surface area contributed by atoms with E-state index in [0.717, 1.165) is 26.6 Å². The first-order valence-corrected chi connectivity index (χ1v) is 8.59. The minimum Gasteiger partial charge on any atom is -0.491 e. The molecule has 2 rings (SSSR count). The predicted octanol–water partition coefficient (Wildman–Crippen LogP) is 4.42. The standard InChI is InChI=1S/C16H19BrN2OS/c1-11(2)20-13-7-5-12(6-8-13)15(18)10-21-16-14(17)4-3-9-19-16/h3-9,11,15H,10,18H2,1-2H3. The van der Waals surface area contributed by atoms with Crippen LogP contribution in [0.15, 0.2) is 52.1 Å². The van der Waals surface area contributed by atoms with Crippen LogP contribution in [-0.2, 0) is 0 Å². The maximum Gasteiger partial charge on any atom is 0.119 e. The van der Waals surface area contributed by atoms with Crippen molar-refractivity contribution in [2.45, 2.75) is 31.0 Å². The van der Waals surface area contributed by atoms with E-state index in [1.807, 2.05) is 50.2 Å². The summed E-state index contributed by atoms with van der Waals surface area (Å²) in [5.41, 5.74) is 7.34. The first kappa shape index (κ1) is 16.3. The van der Waals surface area contributed by atoms with Gasteiger partial charge in [0.15, 0.2) is 0 Å². The summed E-state index contributed by atoms with van der Waals surface area (Å²) in [5, 5.41) is 0.965. The Balaban J connectivity index is 1.94. The molecule has 112 valence electrons. The third-order valence-electron chi connectivity index (χ3n) is 2.80. The van der Waals surface area contributed by atoms with E-state index in [4.69, 9.17) is 10.5 Å². The fourth-order valence-electron chi connectivity index (χ4n) is 1.81. The molecule has 0 bridgehead atoms. The Morgan fingerprint density at radius 2 is 1.95 bits per heavy atom. The van der Waals surface area contributed by atoms with Crippen LogP contribution in [0.5, 0.6) is 5.75 Å². The largest absolute Gasteiger partial charge is 0.491 e. The van der Waals surface area contributed by atoms with Gasteiger partial charge in [-0.15, -0.1) is 11.8 Å². The molecule has 0 amide bonds. The van der Waals surface area contributed by atoms with Crippen molar-refractivity contribution < 1.29 is 4.74 Å². The number of hydrogen-bond donors (Lipinski definition) is 1. The number of nitrogens with zero attached hydrogens (tertiary/aromatic N) is 1. The first-order chi connectivity index (χ1) is 10.1. The molecule has 1 aromatic carbocycles. The van der Waals surface area contributed by atoms with Gasteiger partial charge >= 0.3 is 0 Å². The SMILES string of the molecule is CC(C)Oc1ccc(C(N)CSc2ncccc2Br)cc1. The van der Waals surface area contributed by atoms with Gasteiger partial charge in [0.1, 0.15) is 10.8 Å². The van der Waals surface area contributed by atoms with Gasteiger partial charge in [0.2, 0.25) is 0 Å². The van der Waals surface area contributed by atoms with Crippen molar-refractivity contribution in [1.29, 1.82) is 0 Å². The van der Waals surface area contributed by atoms with Crippen molar-refractivity contribution >= 4 is 27.7 Å². The van der Waals surface area contributed by atoms with E-state index in [2.05, 4.69) is 20.9 Å². The number of thioether (sulfide) groups is 1. The molecular formula is C16H19BrN2OS. The molecule has 21 heavy (non-hydrogen) atoms. The lowest BCUT2D eigenvalue weighted by atomic mass is 10.1. The Bertz CT molecular complexity index is 575. The van der Waals surface area contributed by atoms with Crippen molar-refractivity contribution in [3.63, 3.8) is 0 Å². The topological polar surface area (TPSA) is 48.1 Å². The van der Waals surface area contributed by atoms with Crippen LogP contribution in [0.1, 0.15) is 25.5 Å². The van der Waals surface area contributed by atoms with Gasteiger partial charge in [-0.05, 0) is 59.6 Å².